The zero-order valence-electron chi connectivity index (χ0n) is 9.58. The average Bonchev–Trinajstić information content (AvgIpc) is 2.32. The molecular weight excluding hydrogens is 313 g/mol. The van der Waals surface area contributed by atoms with E-state index in [1.165, 1.54) is 0 Å². The molecule has 0 spiro atoms. The van der Waals surface area contributed by atoms with Crippen molar-refractivity contribution in [1.82, 2.24) is 5.32 Å². The Balaban J connectivity index is 2.57. The SMILES string of the molecule is CCC(C(=O)NCCCI)c1ccccc1. The summed E-state index contributed by atoms with van der Waals surface area (Å²) < 4.78 is 1.08. The van der Waals surface area contributed by atoms with Crippen LogP contribution in [0.25, 0.3) is 0 Å². The first-order chi connectivity index (χ1) is 7.79. The summed E-state index contributed by atoms with van der Waals surface area (Å²) in [6.07, 6.45) is 1.89. The van der Waals surface area contributed by atoms with Gasteiger partial charge in [0.15, 0.2) is 0 Å². The van der Waals surface area contributed by atoms with Crippen LogP contribution in [-0.4, -0.2) is 16.9 Å². The van der Waals surface area contributed by atoms with Crippen molar-refractivity contribution in [1.29, 1.82) is 0 Å². The fourth-order valence-electron chi connectivity index (χ4n) is 1.66. The average molecular weight is 331 g/mol. The minimum atomic E-state index is -0.00425. The maximum atomic E-state index is 11.9. The minimum Gasteiger partial charge on any atom is -0.356 e. The van der Waals surface area contributed by atoms with Gasteiger partial charge in [0.05, 0.1) is 5.92 Å². The van der Waals surface area contributed by atoms with Gasteiger partial charge in [-0.05, 0) is 18.4 Å². The molecule has 0 radical (unpaired) electrons. The number of hydrogen-bond donors (Lipinski definition) is 1. The van der Waals surface area contributed by atoms with E-state index in [0.29, 0.717) is 0 Å². The van der Waals surface area contributed by atoms with Crippen molar-refractivity contribution >= 4 is 28.5 Å². The third-order valence-corrected chi connectivity index (χ3v) is 3.30. The van der Waals surface area contributed by atoms with E-state index in [1.54, 1.807) is 0 Å². The fraction of sp³-hybridized carbons (Fsp3) is 0.462. The largest absolute Gasteiger partial charge is 0.356 e. The zero-order valence-corrected chi connectivity index (χ0v) is 11.7. The molecule has 0 saturated heterocycles. The lowest BCUT2D eigenvalue weighted by Crippen LogP contribution is -2.30. The van der Waals surface area contributed by atoms with Crippen LogP contribution in [0.5, 0.6) is 0 Å². The minimum absolute atomic E-state index is 0.00425. The maximum absolute atomic E-state index is 11.9. The van der Waals surface area contributed by atoms with E-state index in [1.807, 2.05) is 30.3 Å². The highest BCUT2D eigenvalue weighted by Gasteiger charge is 2.17. The topological polar surface area (TPSA) is 29.1 Å². The van der Waals surface area contributed by atoms with E-state index in [0.717, 1.165) is 29.4 Å². The molecule has 0 bridgehead atoms. The van der Waals surface area contributed by atoms with Crippen molar-refractivity contribution in [3.8, 4) is 0 Å². The van der Waals surface area contributed by atoms with Gasteiger partial charge in [0.2, 0.25) is 5.91 Å². The molecule has 1 amide bonds. The Morgan fingerprint density at radius 3 is 2.62 bits per heavy atom. The summed E-state index contributed by atoms with van der Waals surface area (Å²) in [5.74, 6) is 0.147. The van der Waals surface area contributed by atoms with Crippen molar-refractivity contribution < 1.29 is 4.79 Å². The second-order valence-corrected chi connectivity index (χ2v) is 4.78. The molecule has 16 heavy (non-hydrogen) atoms. The second kappa shape index (κ2) is 7.65. The van der Waals surface area contributed by atoms with Gasteiger partial charge in [-0.15, -0.1) is 0 Å². The predicted molar refractivity (Wildman–Crippen MR) is 76.0 cm³/mol. The molecule has 3 heteroatoms. The Bertz CT molecular complexity index is 313. The van der Waals surface area contributed by atoms with E-state index >= 15 is 0 Å². The maximum Gasteiger partial charge on any atom is 0.227 e. The molecule has 2 nitrogen and oxygen atoms in total. The molecule has 0 aliphatic rings. The second-order valence-electron chi connectivity index (χ2n) is 3.71. The van der Waals surface area contributed by atoms with Crippen LogP contribution in [0.3, 0.4) is 0 Å². The standard InChI is InChI=1S/C13H18INO/c1-2-12(11-7-4-3-5-8-11)13(16)15-10-6-9-14/h3-5,7-8,12H,2,6,9-10H2,1H3,(H,15,16). The number of halogens is 1. The van der Waals surface area contributed by atoms with Crippen LogP contribution in [0.1, 0.15) is 31.2 Å². The number of hydrogen-bond acceptors (Lipinski definition) is 1. The molecule has 1 rings (SSSR count). The summed E-state index contributed by atoms with van der Waals surface area (Å²) in [7, 11) is 0. The number of carbonyl (C=O) groups excluding carboxylic acids is 1. The lowest BCUT2D eigenvalue weighted by atomic mass is 9.96. The lowest BCUT2D eigenvalue weighted by molar-refractivity contribution is -0.122. The monoisotopic (exact) mass is 331 g/mol. The van der Waals surface area contributed by atoms with Crippen LogP contribution < -0.4 is 5.32 Å². The van der Waals surface area contributed by atoms with Gasteiger partial charge < -0.3 is 5.32 Å². The smallest absolute Gasteiger partial charge is 0.227 e. The Morgan fingerprint density at radius 1 is 1.38 bits per heavy atom. The Morgan fingerprint density at radius 2 is 2.06 bits per heavy atom. The quantitative estimate of drug-likeness (QED) is 0.484. The molecule has 0 aliphatic carbocycles. The number of carbonyl (C=O) groups is 1. The van der Waals surface area contributed by atoms with Crippen molar-refractivity contribution in [3.63, 3.8) is 0 Å². The summed E-state index contributed by atoms with van der Waals surface area (Å²) in [4.78, 5) is 11.9. The molecule has 0 fully saturated rings. The van der Waals surface area contributed by atoms with Gasteiger partial charge >= 0.3 is 0 Å². The normalized spacial score (nSPS) is 12.1. The molecular formula is C13H18INO. The molecule has 0 heterocycles. The van der Waals surface area contributed by atoms with Gasteiger partial charge in [0.1, 0.15) is 0 Å². The van der Waals surface area contributed by atoms with Gasteiger partial charge in [0.25, 0.3) is 0 Å². The van der Waals surface area contributed by atoms with Crippen molar-refractivity contribution in [3.05, 3.63) is 35.9 Å². The molecule has 1 aromatic rings. The van der Waals surface area contributed by atoms with Gasteiger partial charge in [-0.2, -0.15) is 0 Å². The zero-order chi connectivity index (χ0) is 11.8. The van der Waals surface area contributed by atoms with Gasteiger partial charge in [0, 0.05) is 11.0 Å². The molecule has 0 aliphatic heterocycles. The van der Waals surface area contributed by atoms with Crippen molar-refractivity contribution in [2.75, 3.05) is 11.0 Å². The van der Waals surface area contributed by atoms with Gasteiger partial charge in [-0.3, -0.25) is 4.79 Å². The van der Waals surface area contributed by atoms with Gasteiger partial charge in [-0.1, -0.05) is 59.8 Å². The highest BCUT2D eigenvalue weighted by atomic mass is 127. The van der Waals surface area contributed by atoms with Crippen LogP contribution in [0, 0.1) is 0 Å². The first kappa shape index (κ1) is 13.5. The van der Waals surface area contributed by atoms with E-state index in [2.05, 4.69) is 34.8 Å². The third-order valence-electron chi connectivity index (χ3n) is 2.54. The van der Waals surface area contributed by atoms with Crippen LogP contribution in [-0.2, 0) is 4.79 Å². The summed E-state index contributed by atoms with van der Waals surface area (Å²) in [6.45, 7) is 2.83. The first-order valence-corrected chi connectivity index (χ1v) is 7.20. The third kappa shape index (κ3) is 4.12. The molecule has 0 aromatic heterocycles. The molecule has 88 valence electrons. The van der Waals surface area contributed by atoms with Crippen molar-refractivity contribution in [2.45, 2.75) is 25.7 Å². The molecule has 1 aromatic carbocycles. The summed E-state index contributed by atoms with van der Waals surface area (Å²) in [6, 6.07) is 9.98. The Labute approximate surface area is 111 Å². The van der Waals surface area contributed by atoms with Crippen LogP contribution >= 0.6 is 22.6 Å². The summed E-state index contributed by atoms with van der Waals surface area (Å²) >= 11 is 2.32. The number of rotatable bonds is 6. The van der Waals surface area contributed by atoms with Crippen LogP contribution in [0.4, 0.5) is 0 Å². The van der Waals surface area contributed by atoms with Crippen molar-refractivity contribution in [2.24, 2.45) is 0 Å². The number of amides is 1. The molecule has 1 unspecified atom stereocenters. The van der Waals surface area contributed by atoms with E-state index < -0.39 is 0 Å². The lowest BCUT2D eigenvalue weighted by Gasteiger charge is -2.15. The number of nitrogens with one attached hydrogen (secondary N) is 1. The molecule has 1 N–H and O–H groups in total. The first-order valence-electron chi connectivity index (χ1n) is 5.68. The molecule has 0 saturated carbocycles. The number of benzene rings is 1. The Hall–Kier alpha value is -0.580. The summed E-state index contributed by atoms with van der Waals surface area (Å²) in [5, 5.41) is 2.99. The Kier molecular flexibility index (Phi) is 6.45. The molecule has 1 atom stereocenters. The van der Waals surface area contributed by atoms with E-state index in [4.69, 9.17) is 0 Å². The fourth-order valence-corrected chi connectivity index (χ4v) is 2.04. The van der Waals surface area contributed by atoms with Crippen LogP contribution in [0.2, 0.25) is 0 Å². The van der Waals surface area contributed by atoms with E-state index in [-0.39, 0.29) is 11.8 Å². The predicted octanol–water partition coefficient (Wildman–Crippen LogP) is 3.12. The van der Waals surface area contributed by atoms with E-state index in [9.17, 15) is 4.79 Å². The number of alkyl halides is 1. The van der Waals surface area contributed by atoms with Gasteiger partial charge in [-0.25, -0.2) is 0 Å². The highest BCUT2D eigenvalue weighted by molar-refractivity contribution is 14.1. The van der Waals surface area contributed by atoms with Crippen LogP contribution in [0.15, 0.2) is 30.3 Å². The highest BCUT2D eigenvalue weighted by Crippen LogP contribution is 2.18. The summed E-state index contributed by atoms with van der Waals surface area (Å²) in [5.41, 5.74) is 1.11.